The van der Waals surface area contributed by atoms with Gasteiger partial charge in [0.1, 0.15) is 5.82 Å². The van der Waals surface area contributed by atoms with E-state index in [1.165, 1.54) is 11.3 Å². The first-order valence-electron chi connectivity index (χ1n) is 7.34. The maximum Gasteiger partial charge on any atom is 0.244 e. The molecule has 8 heteroatoms. The van der Waals surface area contributed by atoms with Gasteiger partial charge in [0.05, 0.1) is 4.90 Å². The van der Waals surface area contributed by atoms with Crippen LogP contribution in [0.4, 0.5) is 0 Å². The van der Waals surface area contributed by atoms with Crippen LogP contribution in [0.15, 0.2) is 11.0 Å². The third kappa shape index (κ3) is 2.82. The number of piperidine rings is 1. The molecule has 0 aliphatic carbocycles. The van der Waals surface area contributed by atoms with Gasteiger partial charge in [0.25, 0.3) is 0 Å². The monoisotopic (exact) mass is 340 g/mol. The van der Waals surface area contributed by atoms with Crippen molar-refractivity contribution in [2.24, 2.45) is 0 Å². The van der Waals surface area contributed by atoms with Gasteiger partial charge in [-0.1, -0.05) is 0 Å². The van der Waals surface area contributed by atoms with E-state index in [1.807, 2.05) is 20.8 Å². The Bertz CT molecular complexity index is 771. The Morgan fingerprint density at radius 2 is 1.95 bits per heavy atom. The van der Waals surface area contributed by atoms with Gasteiger partial charge < -0.3 is 0 Å². The maximum absolute atomic E-state index is 12.8. The minimum absolute atomic E-state index is 0.238. The van der Waals surface area contributed by atoms with Gasteiger partial charge in [-0.3, -0.25) is 5.10 Å². The molecule has 1 N–H and O–H groups in total. The number of sulfonamides is 1. The van der Waals surface area contributed by atoms with Crippen LogP contribution >= 0.6 is 11.3 Å². The summed E-state index contributed by atoms with van der Waals surface area (Å²) in [6.07, 6.45) is 1.53. The molecule has 0 atom stereocenters. The second-order valence-electron chi connectivity index (χ2n) is 5.73. The molecule has 0 spiro atoms. The lowest BCUT2D eigenvalue weighted by atomic mass is 9.98. The molecule has 1 saturated heterocycles. The molecule has 6 nitrogen and oxygen atoms in total. The Kier molecular flexibility index (Phi) is 4.09. The molecule has 1 fully saturated rings. The van der Waals surface area contributed by atoms with Crippen molar-refractivity contribution in [3.05, 3.63) is 27.5 Å². The van der Waals surface area contributed by atoms with E-state index in [9.17, 15) is 8.42 Å². The summed E-state index contributed by atoms with van der Waals surface area (Å²) in [4.78, 5) is 6.72. The van der Waals surface area contributed by atoms with Crippen LogP contribution in [0.3, 0.4) is 0 Å². The number of aryl methyl sites for hydroxylation is 3. The Labute approximate surface area is 134 Å². The molecule has 3 rings (SSSR count). The van der Waals surface area contributed by atoms with E-state index in [0.29, 0.717) is 18.0 Å². The predicted molar refractivity (Wildman–Crippen MR) is 85.6 cm³/mol. The summed E-state index contributed by atoms with van der Waals surface area (Å²) in [6, 6.07) is 1.78. The number of hydrogen-bond donors (Lipinski definition) is 1. The fourth-order valence-electron chi connectivity index (χ4n) is 2.90. The number of H-pyrrole nitrogens is 1. The average molecular weight is 340 g/mol. The highest BCUT2D eigenvalue weighted by Gasteiger charge is 2.32. The highest BCUT2D eigenvalue weighted by molar-refractivity contribution is 7.89. The molecule has 0 saturated carbocycles. The van der Waals surface area contributed by atoms with E-state index in [0.717, 1.165) is 34.2 Å². The molecule has 0 unspecified atom stereocenters. The van der Waals surface area contributed by atoms with Gasteiger partial charge >= 0.3 is 0 Å². The number of nitrogens with zero attached hydrogens (tertiary/aromatic N) is 3. The van der Waals surface area contributed by atoms with Gasteiger partial charge in [-0.15, -0.1) is 11.3 Å². The van der Waals surface area contributed by atoms with Crippen molar-refractivity contribution < 1.29 is 8.42 Å². The van der Waals surface area contributed by atoms with Crippen LogP contribution in [0, 0.1) is 20.8 Å². The smallest absolute Gasteiger partial charge is 0.244 e. The zero-order valence-electron chi connectivity index (χ0n) is 13.0. The fraction of sp³-hybridized carbons (Fsp3) is 0.571. The molecule has 1 aliphatic rings. The van der Waals surface area contributed by atoms with E-state index in [2.05, 4.69) is 15.2 Å². The SMILES string of the molecule is Cc1nc(C2CCN(S(=O)(=O)c3cc(C)sc3C)CC2)n[nH]1. The quantitative estimate of drug-likeness (QED) is 0.930. The van der Waals surface area contributed by atoms with E-state index in [1.54, 1.807) is 10.4 Å². The van der Waals surface area contributed by atoms with Gasteiger partial charge in [-0.25, -0.2) is 13.4 Å². The Morgan fingerprint density at radius 1 is 1.27 bits per heavy atom. The summed E-state index contributed by atoms with van der Waals surface area (Å²) >= 11 is 1.53. The molecule has 22 heavy (non-hydrogen) atoms. The number of rotatable bonds is 3. The second-order valence-corrected chi connectivity index (χ2v) is 9.10. The standard InChI is InChI=1S/C14H20N4O2S2/c1-9-8-13(10(2)21-9)22(19,20)18-6-4-12(5-7-18)14-15-11(3)16-17-14/h8,12H,4-7H2,1-3H3,(H,15,16,17). The first kappa shape index (κ1) is 15.6. The molecular weight excluding hydrogens is 320 g/mol. The Hall–Kier alpha value is -1.25. The van der Waals surface area contributed by atoms with E-state index in [-0.39, 0.29) is 5.92 Å². The lowest BCUT2D eigenvalue weighted by molar-refractivity contribution is 0.313. The van der Waals surface area contributed by atoms with Crippen LogP contribution in [-0.4, -0.2) is 41.0 Å². The molecule has 2 aromatic rings. The molecule has 0 bridgehead atoms. The third-order valence-electron chi connectivity index (χ3n) is 4.05. The lowest BCUT2D eigenvalue weighted by Crippen LogP contribution is -2.38. The minimum Gasteiger partial charge on any atom is -0.263 e. The average Bonchev–Trinajstić information content (AvgIpc) is 3.05. The van der Waals surface area contributed by atoms with Crippen LogP contribution in [0.1, 0.15) is 40.2 Å². The summed E-state index contributed by atoms with van der Waals surface area (Å²) in [5.41, 5.74) is 0. The van der Waals surface area contributed by atoms with Gasteiger partial charge in [0.15, 0.2) is 5.82 Å². The van der Waals surface area contributed by atoms with Crippen molar-refractivity contribution in [1.82, 2.24) is 19.5 Å². The molecule has 1 aliphatic heterocycles. The molecular formula is C14H20N4O2S2. The lowest BCUT2D eigenvalue weighted by Gasteiger charge is -2.29. The first-order chi connectivity index (χ1) is 10.4. The summed E-state index contributed by atoms with van der Waals surface area (Å²) < 4.78 is 27.1. The third-order valence-corrected chi connectivity index (χ3v) is 7.17. The summed E-state index contributed by atoms with van der Waals surface area (Å²) in [7, 11) is -3.38. The van der Waals surface area contributed by atoms with Gasteiger partial charge in [-0.05, 0) is 39.7 Å². The zero-order chi connectivity index (χ0) is 15.9. The Balaban J connectivity index is 1.74. The summed E-state index contributed by atoms with van der Waals surface area (Å²) in [6.45, 7) is 6.73. The van der Waals surface area contributed by atoms with E-state index < -0.39 is 10.0 Å². The predicted octanol–water partition coefficient (Wildman–Crippen LogP) is 2.36. The number of thiophene rings is 1. The van der Waals surface area contributed by atoms with Crippen molar-refractivity contribution in [3.8, 4) is 0 Å². The van der Waals surface area contributed by atoms with Crippen LogP contribution < -0.4 is 0 Å². The topological polar surface area (TPSA) is 79.0 Å². The molecule has 0 amide bonds. The van der Waals surface area contributed by atoms with Crippen molar-refractivity contribution in [2.45, 2.75) is 44.4 Å². The summed E-state index contributed by atoms with van der Waals surface area (Å²) in [5.74, 6) is 1.84. The molecule has 0 aromatic carbocycles. The molecule has 0 radical (unpaired) electrons. The molecule has 3 heterocycles. The fourth-order valence-corrected chi connectivity index (χ4v) is 5.89. The summed E-state index contributed by atoms with van der Waals surface area (Å²) in [5, 5.41) is 7.05. The van der Waals surface area contributed by atoms with Crippen molar-refractivity contribution in [2.75, 3.05) is 13.1 Å². The van der Waals surface area contributed by atoms with Crippen LogP contribution in [-0.2, 0) is 10.0 Å². The van der Waals surface area contributed by atoms with E-state index >= 15 is 0 Å². The zero-order valence-corrected chi connectivity index (χ0v) is 14.6. The largest absolute Gasteiger partial charge is 0.263 e. The normalized spacial score (nSPS) is 18.0. The second kappa shape index (κ2) is 5.75. The number of hydrogen-bond acceptors (Lipinski definition) is 5. The van der Waals surface area contributed by atoms with Crippen LogP contribution in [0.5, 0.6) is 0 Å². The first-order valence-corrected chi connectivity index (χ1v) is 9.59. The van der Waals surface area contributed by atoms with Gasteiger partial charge in [0, 0.05) is 28.8 Å². The van der Waals surface area contributed by atoms with Crippen molar-refractivity contribution in [3.63, 3.8) is 0 Å². The highest BCUT2D eigenvalue weighted by Crippen LogP contribution is 2.32. The van der Waals surface area contributed by atoms with Gasteiger partial charge in [0.2, 0.25) is 10.0 Å². The number of nitrogens with one attached hydrogen (secondary N) is 1. The van der Waals surface area contributed by atoms with Gasteiger partial charge in [-0.2, -0.15) is 9.40 Å². The van der Waals surface area contributed by atoms with Crippen molar-refractivity contribution in [1.29, 1.82) is 0 Å². The number of aromatic amines is 1. The van der Waals surface area contributed by atoms with E-state index in [4.69, 9.17) is 0 Å². The highest BCUT2D eigenvalue weighted by atomic mass is 32.2. The van der Waals surface area contributed by atoms with Crippen molar-refractivity contribution >= 4 is 21.4 Å². The molecule has 2 aromatic heterocycles. The minimum atomic E-state index is -3.38. The maximum atomic E-state index is 12.8. The Morgan fingerprint density at radius 3 is 2.45 bits per heavy atom. The van der Waals surface area contributed by atoms with Crippen LogP contribution in [0.25, 0.3) is 0 Å². The number of aromatic nitrogens is 3. The van der Waals surface area contributed by atoms with Crippen LogP contribution in [0.2, 0.25) is 0 Å². The molecule has 120 valence electrons.